The number of rotatable bonds is 6. The molecule has 0 aliphatic carbocycles. The largest absolute Gasteiger partial charge is 0.497 e. The molecule has 1 aromatic heterocycles. The van der Waals surface area contributed by atoms with Gasteiger partial charge in [-0.15, -0.1) is 0 Å². The van der Waals surface area contributed by atoms with E-state index >= 15 is 0 Å². The third kappa shape index (κ3) is 6.83. The van der Waals surface area contributed by atoms with E-state index in [1.54, 1.807) is 27.9 Å². The second-order valence-electron chi connectivity index (χ2n) is 12.1. The van der Waals surface area contributed by atoms with Crippen molar-refractivity contribution in [1.82, 2.24) is 15.2 Å². The molecule has 4 rings (SSSR count). The number of aliphatic hydroxyl groups excluding tert-OH is 1. The van der Waals surface area contributed by atoms with Crippen LogP contribution in [-0.4, -0.2) is 64.6 Å². The lowest BCUT2D eigenvalue weighted by Gasteiger charge is -2.34. The van der Waals surface area contributed by atoms with Crippen LogP contribution in [0.25, 0.3) is 22.2 Å². The Morgan fingerprint density at radius 3 is 2.38 bits per heavy atom. The minimum atomic E-state index is -1.07. The number of alkyl carbamates (subject to hydrolysis) is 1. The van der Waals surface area contributed by atoms with E-state index in [2.05, 4.69) is 5.32 Å². The summed E-state index contributed by atoms with van der Waals surface area (Å²) in [7, 11) is 1.60. The van der Waals surface area contributed by atoms with Gasteiger partial charge >= 0.3 is 6.09 Å². The molecule has 2 N–H and O–H groups in total. The molecule has 2 amide bonds. The Kier molecular flexibility index (Phi) is 8.25. The number of aliphatic hydroxyl groups is 1. The maximum Gasteiger partial charge on any atom is 0.408 e. The Hall–Kier alpha value is -3.85. The summed E-state index contributed by atoms with van der Waals surface area (Å²) in [5.74, 6) is 0.874. The van der Waals surface area contributed by atoms with Gasteiger partial charge in [0.1, 0.15) is 35.5 Å². The van der Waals surface area contributed by atoms with E-state index in [4.69, 9.17) is 19.2 Å². The van der Waals surface area contributed by atoms with Gasteiger partial charge in [-0.1, -0.05) is 51.1 Å². The van der Waals surface area contributed by atoms with Gasteiger partial charge in [0.15, 0.2) is 0 Å². The molecule has 1 unspecified atom stereocenters. The number of benzene rings is 2. The monoisotopic (exact) mass is 549 g/mol. The summed E-state index contributed by atoms with van der Waals surface area (Å²) in [6, 6.07) is 16.3. The number of pyridine rings is 1. The van der Waals surface area contributed by atoms with Gasteiger partial charge in [0.05, 0.1) is 24.9 Å². The smallest absolute Gasteiger partial charge is 0.408 e. The van der Waals surface area contributed by atoms with Crippen LogP contribution < -0.4 is 14.8 Å². The Morgan fingerprint density at radius 2 is 1.75 bits per heavy atom. The van der Waals surface area contributed by atoms with Crippen molar-refractivity contribution in [2.24, 2.45) is 5.41 Å². The molecule has 2 heterocycles. The Balaban J connectivity index is 1.59. The zero-order valence-corrected chi connectivity index (χ0v) is 24.2. The van der Waals surface area contributed by atoms with Crippen LogP contribution in [-0.2, 0) is 9.53 Å². The van der Waals surface area contributed by atoms with Crippen LogP contribution in [0, 0.1) is 5.41 Å². The van der Waals surface area contributed by atoms with Crippen LogP contribution in [0.3, 0.4) is 0 Å². The number of aromatic nitrogens is 1. The van der Waals surface area contributed by atoms with E-state index in [1.165, 1.54) is 4.90 Å². The van der Waals surface area contributed by atoms with E-state index < -0.39 is 41.4 Å². The van der Waals surface area contributed by atoms with Crippen LogP contribution in [0.4, 0.5) is 4.79 Å². The van der Waals surface area contributed by atoms with Gasteiger partial charge in [-0.25, -0.2) is 9.78 Å². The summed E-state index contributed by atoms with van der Waals surface area (Å²) in [6.07, 6.45) is -2.01. The van der Waals surface area contributed by atoms with Gasteiger partial charge < -0.3 is 29.5 Å². The highest BCUT2D eigenvalue weighted by Crippen LogP contribution is 2.34. The first kappa shape index (κ1) is 29.1. The summed E-state index contributed by atoms with van der Waals surface area (Å²) >= 11 is 0. The molecule has 0 saturated carbocycles. The highest BCUT2D eigenvalue weighted by Gasteiger charge is 2.43. The SMILES string of the molecule is COc1ccc2c(OC3C[C@@H](O)N(C(=O)[C@@H](NC(=O)OC(C)(C)C)C(C)(C)C)C3)cc(-c3ccccc3)nc2c1. The molecule has 3 atom stereocenters. The van der Waals surface area contributed by atoms with Crippen molar-refractivity contribution in [3.8, 4) is 22.8 Å². The maximum atomic E-state index is 13.6. The lowest BCUT2D eigenvalue weighted by molar-refractivity contribution is -0.143. The van der Waals surface area contributed by atoms with E-state index in [1.807, 2.05) is 75.4 Å². The third-order valence-electron chi connectivity index (χ3n) is 6.63. The van der Waals surface area contributed by atoms with Crippen LogP contribution in [0.5, 0.6) is 11.5 Å². The molecule has 2 aromatic carbocycles. The molecular formula is C31H39N3O6. The summed E-state index contributed by atoms with van der Waals surface area (Å²) in [5.41, 5.74) is 1.03. The van der Waals surface area contributed by atoms with Crippen LogP contribution in [0.15, 0.2) is 54.6 Å². The molecule has 9 heteroatoms. The van der Waals surface area contributed by atoms with Gasteiger partial charge in [-0.2, -0.15) is 0 Å². The minimum Gasteiger partial charge on any atom is -0.497 e. The normalized spacial score (nSPS) is 18.4. The molecular weight excluding hydrogens is 510 g/mol. The molecule has 1 saturated heterocycles. The molecule has 0 bridgehead atoms. The second kappa shape index (κ2) is 11.3. The Morgan fingerprint density at radius 1 is 1.05 bits per heavy atom. The predicted octanol–water partition coefficient (Wildman–Crippen LogP) is 5.15. The number of likely N-dealkylation sites (tertiary alicyclic amines) is 1. The maximum absolute atomic E-state index is 13.6. The first-order chi connectivity index (χ1) is 18.7. The molecule has 3 aromatic rings. The number of fused-ring (bicyclic) bond motifs is 1. The number of carbonyl (C=O) groups excluding carboxylic acids is 2. The average Bonchev–Trinajstić information content (AvgIpc) is 3.25. The standard InChI is InChI=1S/C31H39N3O6/c1-30(2,3)27(33-29(37)40-31(4,5)6)28(36)34-18-21(16-26(34)35)39-25-17-23(19-11-9-8-10-12-19)32-24-15-20(38-7)13-14-22(24)25/h8-15,17,21,26-27,35H,16,18H2,1-7H3,(H,33,37)/t21?,26-,27-/m1/s1. The molecule has 214 valence electrons. The van der Waals surface area contributed by atoms with Crippen LogP contribution in [0.1, 0.15) is 48.0 Å². The fourth-order valence-corrected chi connectivity index (χ4v) is 4.68. The summed E-state index contributed by atoms with van der Waals surface area (Å²) in [6.45, 7) is 11.0. The molecule has 1 aliphatic heterocycles. The number of hydrogen-bond acceptors (Lipinski definition) is 7. The summed E-state index contributed by atoms with van der Waals surface area (Å²) in [4.78, 5) is 32.4. The first-order valence-electron chi connectivity index (χ1n) is 13.4. The van der Waals surface area contributed by atoms with E-state index in [9.17, 15) is 14.7 Å². The number of ether oxygens (including phenoxy) is 3. The van der Waals surface area contributed by atoms with Gasteiger partial charge in [-0.05, 0) is 38.3 Å². The molecule has 40 heavy (non-hydrogen) atoms. The lowest BCUT2D eigenvalue weighted by atomic mass is 9.86. The molecule has 1 aliphatic rings. The van der Waals surface area contributed by atoms with E-state index in [0.717, 1.165) is 16.6 Å². The predicted molar refractivity (Wildman–Crippen MR) is 153 cm³/mol. The van der Waals surface area contributed by atoms with E-state index in [0.29, 0.717) is 17.0 Å². The quantitative estimate of drug-likeness (QED) is 0.438. The summed E-state index contributed by atoms with van der Waals surface area (Å²) < 4.78 is 17.2. The van der Waals surface area contributed by atoms with Gasteiger partial charge in [0.2, 0.25) is 5.91 Å². The van der Waals surface area contributed by atoms with Crippen LogP contribution >= 0.6 is 0 Å². The Bertz CT molecular complexity index is 1360. The summed E-state index contributed by atoms with van der Waals surface area (Å²) in [5, 5.41) is 14.4. The zero-order chi connectivity index (χ0) is 29.2. The van der Waals surface area contributed by atoms with Crippen molar-refractivity contribution < 1.29 is 28.9 Å². The molecule has 1 fully saturated rings. The van der Waals surface area contributed by atoms with Crippen molar-refractivity contribution >= 4 is 22.9 Å². The number of nitrogens with one attached hydrogen (secondary N) is 1. The highest BCUT2D eigenvalue weighted by molar-refractivity contribution is 5.89. The average molecular weight is 550 g/mol. The molecule has 0 radical (unpaired) electrons. The number of hydrogen-bond donors (Lipinski definition) is 2. The van der Waals surface area contributed by atoms with Crippen molar-refractivity contribution in [2.45, 2.75) is 71.9 Å². The van der Waals surface area contributed by atoms with Crippen molar-refractivity contribution in [3.05, 3.63) is 54.6 Å². The second-order valence-corrected chi connectivity index (χ2v) is 12.1. The van der Waals surface area contributed by atoms with Gasteiger partial charge in [0.25, 0.3) is 0 Å². The minimum absolute atomic E-state index is 0.156. The molecule has 9 nitrogen and oxygen atoms in total. The van der Waals surface area contributed by atoms with Crippen molar-refractivity contribution in [1.29, 1.82) is 0 Å². The third-order valence-corrected chi connectivity index (χ3v) is 6.63. The van der Waals surface area contributed by atoms with Gasteiger partial charge in [0, 0.05) is 29.5 Å². The number of carbonyl (C=O) groups is 2. The first-order valence-corrected chi connectivity index (χ1v) is 13.4. The van der Waals surface area contributed by atoms with E-state index in [-0.39, 0.29) is 13.0 Å². The van der Waals surface area contributed by atoms with Crippen molar-refractivity contribution in [2.75, 3.05) is 13.7 Å². The highest BCUT2D eigenvalue weighted by atomic mass is 16.6. The zero-order valence-electron chi connectivity index (χ0n) is 24.2. The Labute approximate surface area is 235 Å². The number of amides is 2. The van der Waals surface area contributed by atoms with Crippen LogP contribution in [0.2, 0.25) is 0 Å². The number of methoxy groups -OCH3 is 1. The molecule has 0 spiro atoms. The fraction of sp³-hybridized carbons (Fsp3) is 0.452. The fourth-order valence-electron chi connectivity index (χ4n) is 4.68. The lowest BCUT2D eigenvalue weighted by Crippen LogP contribution is -2.56. The number of nitrogens with zero attached hydrogens (tertiary/aromatic N) is 2. The van der Waals surface area contributed by atoms with Crippen molar-refractivity contribution in [3.63, 3.8) is 0 Å². The van der Waals surface area contributed by atoms with Gasteiger partial charge in [-0.3, -0.25) is 4.79 Å². The topological polar surface area (TPSA) is 110 Å².